The van der Waals surface area contributed by atoms with Gasteiger partial charge in [0.1, 0.15) is 0 Å². The summed E-state index contributed by atoms with van der Waals surface area (Å²) in [5.41, 5.74) is 0.408. The average Bonchev–Trinajstić information content (AvgIpc) is 2.77. The molecule has 0 spiro atoms. The molecule has 2 N–H and O–H groups in total. The van der Waals surface area contributed by atoms with Crippen LogP contribution in [-0.4, -0.2) is 48.8 Å². The van der Waals surface area contributed by atoms with Gasteiger partial charge in [0.05, 0.1) is 6.54 Å². The third kappa shape index (κ3) is 5.85. The molecule has 0 aromatic heterocycles. The molecule has 24 heavy (non-hydrogen) atoms. The Morgan fingerprint density at radius 2 is 2.00 bits per heavy atom. The summed E-state index contributed by atoms with van der Waals surface area (Å²) in [5.74, 6) is -0.487. The first kappa shape index (κ1) is 18.3. The fraction of sp³-hybridized carbons (Fsp3) is 0.471. The Balaban J connectivity index is 1.68. The van der Waals surface area contributed by atoms with Crippen molar-refractivity contribution in [3.63, 3.8) is 0 Å². The Labute approximate surface area is 146 Å². The number of likely N-dealkylation sites (tertiary alicyclic amines) is 1. The largest absolute Gasteiger partial charge is 0.353 e. The second kappa shape index (κ2) is 9.27. The molecule has 1 aliphatic rings. The number of amides is 3. The summed E-state index contributed by atoms with van der Waals surface area (Å²) in [6.07, 6.45) is 3.61. The molecule has 0 unspecified atom stereocenters. The first-order chi connectivity index (χ1) is 11.6. The van der Waals surface area contributed by atoms with Gasteiger partial charge in [0.2, 0.25) is 11.8 Å². The van der Waals surface area contributed by atoms with Crippen LogP contribution in [-0.2, 0) is 9.59 Å². The standard InChI is InChI=1S/C17H22ClN3O3/c18-14-6-4-5-13(11-14)17(24)20-12-15(22)19-8-10-21-9-3-1-2-7-16(21)23/h4-6,11H,1-3,7-10,12H2,(H,19,22)(H,20,24). The van der Waals surface area contributed by atoms with Crippen molar-refractivity contribution in [1.82, 2.24) is 15.5 Å². The van der Waals surface area contributed by atoms with Crippen LogP contribution in [0, 0.1) is 0 Å². The van der Waals surface area contributed by atoms with Crippen molar-refractivity contribution in [3.05, 3.63) is 34.9 Å². The molecule has 2 rings (SSSR count). The average molecular weight is 352 g/mol. The van der Waals surface area contributed by atoms with E-state index in [0.29, 0.717) is 30.1 Å². The van der Waals surface area contributed by atoms with Gasteiger partial charge in [-0.3, -0.25) is 14.4 Å². The van der Waals surface area contributed by atoms with E-state index in [4.69, 9.17) is 11.6 Å². The summed E-state index contributed by atoms with van der Waals surface area (Å²) in [6.45, 7) is 1.53. The van der Waals surface area contributed by atoms with Crippen LogP contribution in [0.3, 0.4) is 0 Å². The predicted molar refractivity (Wildman–Crippen MR) is 91.8 cm³/mol. The summed E-state index contributed by atoms with van der Waals surface area (Å²) in [6, 6.07) is 6.52. The van der Waals surface area contributed by atoms with Gasteiger partial charge in [-0.25, -0.2) is 0 Å². The molecule has 6 nitrogen and oxygen atoms in total. The van der Waals surface area contributed by atoms with Crippen molar-refractivity contribution in [2.75, 3.05) is 26.2 Å². The van der Waals surface area contributed by atoms with E-state index < -0.39 is 0 Å². The molecule has 130 valence electrons. The number of nitrogens with one attached hydrogen (secondary N) is 2. The van der Waals surface area contributed by atoms with Crippen molar-refractivity contribution in [1.29, 1.82) is 0 Å². The molecule has 0 bridgehead atoms. The van der Waals surface area contributed by atoms with Crippen LogP contribution < -0.4 is 10.6 Å². The zero-order valence-corrected chi connectivity index (χ0v) is 14.3. The van der Waals surface area contributed by atoms with Crippen LogP contribution >= 0.6 is 11.6 Å². The summed E-state index contributed by atoms with van der Waals surface area (Å²) >= 11 is 5.83. The van der Waals surface area contributed by atoms with E-state index in [1.165, 1.54) is 0 Å². The van der Waals surface area contributed by atoms with Crippen molar-refractivity contribution < 1.29 is 14.4 Å². The van der Waals surface area contributed by atoms with Gasteiger partial charge in [0.15, 0.2) is 0 Å². The highest BCUT2D eigenvalue weighted by Crippen LogP contribution is 2.11. The normalized spacial score (nSPS) is 14.9. The number of halogens is 1. The van der Waals surface area contributed by atoms with Gasteiger partial charge in [-0.15, -0.1) is 0 Å². The molecule has 1 aliphatic heterocycles. The SMILES string of the molecule is O=C(CNC(=O)c1cccc(Cl)c1)NCCN1CCCCCC1=O. The highest BCUT2D eigenvalue weighted by molar-refractivity contribution is 6.30. The van der Waals surface area contributed by atoms with E-state index in [9.17, 15) is 14.4 Å². The predicted octanol–water partition coefficient (Wildman–Crippen LogP) is 1.59. The molecule has 1 aromatic rings. The molecule has 1 aromatic carbocycles. The van der Waals surface area contributed by atoms with Crippen molar-refractivity contribution in [2.45, 2.75) is 25.7 Å². The fourth-order valence-electron chi connectivity index (χ4n) is 2.56. The number of carbonyl (C=O) groups is 3. The van der Waals surface area contributed by atoms with Crippen molar-refractivity contribution >= 4 is 29.3 Å². The number of benzene rings is 1. The highest BCUT2D eigenvalue weighted by Gasteiger charge is 2.16. The number of rotatable bonds is 6. The molecule has 1 fully saturated rings. The van der Waals surface area contributed by atoms with Crippen LogP contribution in [0.4, 0.5) is 0 Å². The second-order valence-electron chi connectivity index (χ2n) is 5.73. The lowest BCUT2D eigenvalue weighted by molar-refractivity contribution is -0.131. The van der Waals surface area contributed by atoms with Crippen molar-refractivity contribution in [3.8, 4) is 0 Å². The third-order valence-corrected chi connectivity index (χ3v) is 4.11. The number of hydrogen-bond acceptors (Lipinski definition) is 3. The second-order valence-corrected chi connectivity index (χ2v) is 6.17. The zero-order chi connectivity index (χ0) is 17.4. The van der Waals surface area contributed by atoms with E-state index in [0.717, 1.165) is 25.8 Å². The summed E-state index contributed by atoms with van der Waals surface area (Å²) < 4.78 is 0. The first-order valence-electron chi connectivity index (χ1n) is 8.14. The maximum Gasteiger partial charge on any atom is 0.251 e. The van der Waals surface area contributed by atoms with E-state index in [-0.39, 0.29) is 24.3 Å². The van der Waals surface area contributed by atoms with Gasteiger partial charge >= 0.3 is 0 Å². The highest BCUT2D eigenvalue weighted by atomic mass is 35.5. The number of hydrogen-bond donors (Lipinski definition) is 2. The maximum atomic E-state index is 11.9. The van der Waals surface area contributed by atoms with Gasteiger partial charge in [-0.1, -0.05) is 24.1 Å². The molecule has 0 radical (unpaired) electrons. The zero-order valence-electron chi connectivity index (χ0n) is 13.5. The molecule has 0 aliphatic carbocycles. The topological polar surface area (TPSA) is 78.5 Å². The van der Waals surface area contributed by atoms with Crippen LogP contribution in [0.5, 0.6) is 0 Å². The molecule has 0 saturated carbocycles. The Kier molecular flexibility index (Phi) is 7.06. The van der Waals surface area contributed by atoms with Crippen LogP contribution in [0.15, 0.2) is 24.3 Å². The van der Waals surface area contributed by atoms with Gasteiger partial charge in [0, 0.05) is 36.6 Å². The van der Waals surface area contributed by atoms with E-state index in [1.807, 2.05) is 0 Å². The molecular formula is C17H22ClN3O3. The van der Waals surface area contributed by atoms with Gasteiger partial charge in [-0.2, -0.15) is 0 Å². The molecular weight excluding hydrogens is 330 g/mol. The lowest BCUT2D eigenvalue weighted by atomic mass is 10.2. The quantitative estimate of drug-likeness (QED) is 0.817. The number of nitrogens with zero attached hydrogens (tertiary/aromatic N) is 1. The summed E-state index contributed by atoms with van der Waals surface area (Å²) in [5, 5.41) is 5.73. The number of carbonyl (C=O) groups excluding carboxylic acids is 3. The molecule has 1 heterocycles. The molecule has 0 atom stereocenters. The minimum Gasteiger partial charge on any atom is -0.353 e. The summed E-state index contributed by atoms with van der Waals surface area (Å²) in [7, 11) is 0. The van der Waals surface area contributed by atoms with Gasteiger partial charge in [-0.05, 0) is 31.0 Å². The summed E-state index contributed by atoms with van der Waals surface area (Å²) in [4.78, 5) is 37.3. The lowest BCUT2D eigenvalue weighted by Crippen LogP contribution is -2.42. The Morgan fingerprint density at radius 3 is 2.79 bits per heavy atom. The minimum atomic E-state index is -0.352. The monoisotopic (exact) mass is 351 g/mol. The van der Waals surface area contributed by atoms with Crippen molar-refractivity contribution in [2.24, 2.45) is 0 Å². The Bertz CT molecular complexity index is 606. The van der Waals surface area contributed by atoms with E-state index in [1.54, 1.807) is 29.2 Å². The van der Waals surface area contributed by atoms with Crippen LogP contribution in [0.25, 0.3) is 0 Å². The van der Waals surface area contributed by atoms with Gasteiger partial charge < -0.3 is 15.5 Å². The lowest BCUT2D eigenvalue weighted by Gasteiger charge is -2.20. The molecule has 7 heteroatoms. The fourth-order valence-corrected chi connectivity index (χ4v) is 2.75. The molecule has 3 amide bonds. The van der Waals surface area contributed by atoms with E-state index >= 15 is 0 Å². The van der Waals surface area contributed by atoms with E-state index in [2.05, 4.69) is 10.6 Å². The first-order valence-corrected chi connectivity index (χ1v) is 8.52. The van der Waals surface area contributed by atoms with Crippen LogP contribution in [0.2, 0.25) is 5.02 Å². The Hall–Kier alpha value is -2.08. The third-order valence-electron chi connectivity index (χ3n) is 3.87. The van der Waals surface area contributed by atoms with Crippen LogP contribution in [0.1, 0.15) is 36.0 Å². The Morgan fingerprint density at radius 1 is 1.17 bits per heavy atom. The molecule has 1 saturated heterocycles. The van der Waals surface area contributed by atoms with Gasteiger partial charge in [0.25, 0.3) is 5.91 Å². The smallest absolute Gasteiger partial charge is 0.251 e. The maximum absolute atomic E-state index is 11.9. The minimum absolute atomic E-state index is 0.112.